The van der Waals surface area contributed by atoms with Crippen LogP contribution >= 0.6 is 0 Å². The summed E-state index contributed by atoms with van der Waals surface area (Å²) in [5, 5.41) is 8.69. The number of halogens is 1. The van der Waals surface area contributed by atoms with Crippen molar-refractivity contribution in [2.24, 2.45) is 5.41 Å². The van der Waals surface area contributed by atoms with Crippen LogP contribution in [0.5, 0.6) is 0 Å². The lowest BCUT2D eigenvalue weighted by Crippen LogP contribution is -2.13. The average molecular weight is 252 g/mol. The molecular weight excluding hydrogens is 239 g/mol. The highest BCUT2D eigenvalue weighted by molar-refractivity contribution is 7.85. The highest BCUT2D eigenvalue weighted by Gasteiger charge is 2.44. The van der Waals surface area contributed by atoms with E-state index in [-0.39, 0.29) is 11.1 Å². The van der Waals surface area contributed by atoms with Crippen LogP contribution in [0.3, 0.4) is 0 Å². The summed E-state index contributed by atoms with van der Waals surface area (Å²) in [5.41, 5.74) is 5.76. The van der Waals surface area contributed by atoms with Crippen molar-refractivity contribution in [1.29, 1.82) is 5.26 Å². The Morgan fingerprint density at radius 3 is 2.76 bits per heavy atom. The molecule has 0 bridgehead atoms. The van der Waals surface area contributed by atoms with E-state index in [1.54, 1.807) is 0 Å². The molecule has 0 radical (unpaired) electrons. The monoisotopic (exact) mass is 252 g/mol. The normalized spacial score (nSPS) is 18.4. The van der Waals surface area contributed by atoms with Gasteiger partial charge in [0.1, 0.15) is 5.82 Å². The van der Waals surface area contributed by atoms with E-state index >= 15 is 0 Å². The number of benzene rings is 1. The van der Waals surface area contributed by atoms with Crippen LogP contribution in [0.1, 0.15) is 19.3 Å². The van der Waals surface area contributed by atoms with Gasteiger partial charge in [-0.25, -0.2) is 4.39 Å². The fourth-order valence-electron chi connectivity index (χ4n) is 1.80. The third-order valence-electron chi connectivity index (χ3n) is 3.07. The molecule has 1 unspecified atom stereocenters. The van der Waals surface area contributed by atoms with Gasteiger partial charge in [0.25, 0.3) is 0 Å². The fourth-order valence-corrected chi connectivity index (χ4v) is 3.44. The highest BCUT2D eigenvalue weighted by atomic mass is 32.2. The van der Waals surface area contributed by atoms with E-state index in [4.69, 9.17) is 11.0 Å². The van der Waals surface area contributed by atoms with Crippen LogP contribution in [0.15, 0.2) is 23.1 Å². The number of rotatable bonds is 4. The first-order chi connectivity index (χ1) is 8.06. The van der Waals surface area contributed by atoms with Crippen molar-refractivity contribution in [2.45, 2.75) is 24.2 Å². The average Bonchev–Trinajstić information content (AvgIpc) is 2.97. The van der Waals surface area contributed by atoms with Gasteiger partial charge in [0.15, 0.2) is 0 Å². The van der Waals surface area contributed by atoms with Crippen molar-refractivity contribution in [1.82, 2.24) is 0 Å². The lowest BCUT2D eigenvalue weighted by Gasteiger charge is -2.11. The minimum absolute atomic E-state index is 0.0968. The van der Waals surface area contributed by atoms with Crippen LogP contribution in [0.4, 0.5) is 10.1 Å². The SMILES string of the molecule is N#CCC1(CS(=O)c2ccc(F)cc2N)CC1. The molecule has 2 N–H and O–H groups in total. The standard InChI is InChI=1S/C12H13FN2OS/c13-9-1-2-11(10(15)7-9)17(16)8-12(3-4-12)5-6-14/h1-2,7H,3-5,8,15H2. The first kappa shape index (κ1) is 12.1. The van der Waals surface area contributed by atoms with E-state index in [1.165, 1.54) is 18.2 Å². The summed E-state index contributed by atoms with van der Waals surface area (Å²) in [6.07, 6.45) is 2.31. The molecule has 0 aromatic heterocycles. The predicted molar refractivity (Wildman–Crippen MR) is 64.0 cm³/mol. The molecule has 1 aliphatic carbocycles. The van der Waals surface area contributed by atoms with E-state index in [9.17, 15) is 8.60 Å². The van der Waals surface area contributed by atoms with Gasteiger partial charge in [0, 0.05) is 12.2 Å². The second-order valence-electron chi connectivity index (χ2n) is 4.51. The molecule has 0 amide bonds. The Hall–Kier alpha value is -1.41. The maximum absolute atomic E-state index is 12.9. The van der Waals surface area contributed by atoms with Crippen molar-refractivity contribution >= 4 is 16.5 Å². The Morgan fingerprint density at radius 2 is 2.24 bits per heavy atom. The number of nitrogens with zero attached hydrogens (tertiary/aromatic N) is 1. The summed E-state index contributed by atoms with van der Waals surface area (Å²) in [6.45, 7) is 0. The van der Waals surface area contributed by atoms with E-state index in [2.05, 4.69) is 6.07 Å². The number of hydrogen-bond donors (Lipinski definition) is 1. The Bertz CT molecular complexity index is 506. The van der Waals surface area contributed by atoms with Crippen LogP contribution < -0.4 is 5.73 Å². The van der Waals surface area contributed by atoms with E-state index in [0.29, 0.717) is 17.1 Å². The van der Waals surface area contributed by atoms with Gasteiger partial charge in [-0.05, 0) is 36.5 Å². The largest absolute Gasteiger partial charge is 0.398 e. The molecule has 0 spiro atoms. The third kappa shape index (κ3) is 2.64. The highest BCUT2D eigenvalue weighted by Crippen LogP contribution is 2.49. The summed E-state index contributed by atoms with van der Waals surface area (Å²) < 4.78 is 25.0. The lowest BCUT2D eigenvalue weighted by molar-refractivity contribution is 0.587. The molecule has 1 aliphatic rings. The van der Waals surface area contributed by atoms with Gasteiger partial charge >= 0.3 is 0 Å². The molecule has 1 aromatic rings. The van der Waals surface area contributed by atoms with Crippen LogP contribution in [0.25, 0.3) is 0 Å². The smallest absolute Gasteiger partial charge is 0.125 e. The van der Waals surface area contributed by atoms with Gasteiger partial charge in [0.05, 0.1) is 27.5 Å². The van der Waals surface area contributed by atoms with Gasteiger partial charge in [-0.3, -0.25) is 4.21 Å². The minimum Gasteiger partial charge on any atom is -0.398 e. The van der Waals surface area contributed by atoms with Crippen molar-refractivity contribution in [3.63, 3.8) is 0 Å². The van der Waals surface area contributed by atoms with E-state index in [1.807, 2.05) is 0 Å². The second-order valence-corrected chi connectivity index (χ2v) is 5.93. The summed E-state index contributed by atoms with van der Waals surface area (Å²) in [7, 11) is -1.25. The molecule has 1 saturated carbocycles. The van der Waals surface area contributed by atoms with Crippen LogP contribution in [-0.2, 0) is 10.8 Å². The zero-order valence-electron chi connectivity index (χ0n) is 9.28. The predicted octanol–water partition coefficient (Wildman–Crippen LogP) is 2.21. The number of anilines is 1. The third-order valence-corrected chi connectivity index (χ3v) is 4.80. The van der Waals surface area contributed by atoms with Crippen LogP contribution in [0.2, 0.25) is 0 Å². The first-order valence-electron chi connectivity index (χ1n) is 5.37. The summed E-state index contributed by atoms with van der Waals surface area (Å²) in [4.78, 5) is 0.468. The van der Waals surface area contributed by atoms with E-state index in [0.717, 1.165) is 12.8 Å². The molecule has 5 heteroatoms. The quantitative estimate of drug-likeness (QED) is 0.835. The Morgan fingerprint density at radius 1 is 1.53 bits per heavy atom. The fraction of sp³-hybridized carbons (Fsp3) is 0.417. The zero-order valence-corrected chi connectivity index (χ0v) is 10.1. The van der Waals surface area contributed by atoms with Crippen LogP contribution in [-0.4, -0.2) is 9.96 Å². The Kier molecular flexibility index (Phi) is 3.16. The zero-order chi connectivity index (χ0) is 12.5. The molecule has 17 heavy (non-hydrogen) atoms. The minimum atomic E-state index is -1.25. The Labute approximate surface area is 102 Å². The second kappa shape index (κ2) is 4.46. The Balaban J connectivity index is 2.13. The number of nitriles is 1. The molecule has 0 heterocycles. The van der Waals surface area contributed by atoms with Crippen molar-refractivity contribution in [3.8, 4) is 6.07 Å². The molecule has 1 fully saturated rings. The molecule has 2 rings (SSSR count). The molecule has 1 atom stereocenters. The molecule has 0 aliphatic heterocycles. The lowest BCUT2D eigenvalue weighted by atomic mass is 10.1. The van der Waals surface area contributed by atoms with Gasteiger partial charge < -0.3 is 5.73 Å². The topological polar surface area (TPSA) is 66.9 Å². The maximum Gasteiger partial charge on any atom is 0.125 e. The molecule has 3 nitrogen and oxygen atoms in total. The maximum atomic E-state index is 12.9. The first-order valence-corrected chi connectivity index (χ1v) is 6.69. The number of nitrogens with two attached hydrogens (primary N) is 1. The van der Waals surface area contributed by atoms with Gasteiger partial charge in [0.2, 0.25) is 0 Å². The van der Waals surface area contributed by atoms with Crippen molar-refractivity contribution < 1.29 is 8.60 Å². The van der Waals surface area contributed by atoms with Crippen molar-refractivity contribution in [2.75, 3.05) is 11.5 Å². The van der Waals surface area contributed by atoms with Gasteiger partial charge in [-0.1, -0.05) is 0 Å². The molecule has 0 saturated heterocycles. The molecular formula is C12H13FN2OS. The van der Waals surface area contributed by atoms with Crippen molar-refractivity contribution in [3.05, 3.63) is 24.0 Å². The van der Waals surface area contributed by atoms with Crippen LogP contribution in [0, 0.1) is 22.6 Å². The number of hydrogen-bond acceptors (Lipinski definition) is 3. The van der Waals surface area contributed by atoms with Gasteiger partial charge in [-0.2, -0.15) is 5.26 Å². The summed E-state index contributed by atoms with van der Waals surface area (Å²) >= 11 is 0. The number of nitrogen functional groups attached to an aromatic ring is 1. The molecule has 90 valence electrons. The summed E-state index contributed by atoms with van der Waals surface area (Å²) in [5.74, 6) is 0.0116. The molecule has 1 aromatic carbocycles. The van der Waals surface area contributed by atoms with Gasteiger partial charge in [-0.15, -0.1) is 0 Å². The van der Waals surface area contributed by atoms with E-state index < -0.39 is 16.6 Å². The summed E-state index contributed by atoms with van der Waals surface area (Å²) in [6, 6.07) is 6.02.